The number of nitrogens with zero attached hydrogens (tertiary/aromatic N) is 2. The van der Waals surface area contributed by atoms with E-state index in [2.05, 4.69) is 4.98 Å². The molecule has 0 saturated carbocycles. The van der Waals surface area contributed by atoms with Crippen molar-refractivity contribution in [2.45, 2.75) is 6.92 Å². The van der Waals surface area contributed by atoms with Crippen molar-refractivity contribution in [2.24, 2.45) is 0 Å². The van der Waals surface area contributed by atoms with Crippen molar-refractivity contribution in [2.75, 3.05) is 0 Å². The third kappa shape index (κ3) is 2.25. The molecule has 16 heavy (non-hydrogen) atoms. The number of benzene rings is 1. The Morgan fingerprint density at radius 1 is 1.12 bits per heavy atom. The van der Waals surface area contributed by atoms with Crippen LogP contribution in [0.3, 0.4) is 0 Å². The first-order chi connectivity index (χ1) is 7.77. The molecule has 0 unspecified atom stereocenters. The van der Waals surface area contributed by atoms with Gasteiger partial charge in [0.15, 0.2) is 6.21 Å². The van der Waals surface area contributed by atoms with Gasteiger partial charge in [-0.1, -0.05) is 18.2 Å². The summed E-state index contributed by atoms with van der Waals surface area (Å²) in [7, 11) is 0. The summed E-state index contributed by atoms with van der Waals surface area (Å²) < 4.78 is 0.880. The molecule has 1 aromatic carbocycles. The van der Waals surface area contributed by atoms with Crippen LogP contribution in [0.5, 0.6) is 0 Å². The van der Waals surface area contributed by atoms with Gasteiger partial charge in [-0.25, -0.2) is 0 Å². The van der Waals surface area contributed by atoms with Crippen molar-refractivity contribution >= 4 is 11.9 Å². The lowest BCUT2D eigenvalue weighted by atomic mass is 10.2. The van der Waals surface area contributed by atoms with Gasteiger partial charge in [-0.2, -0.15) is 4.74 Å². The zero-order valence-electron chi connectivity index (χ0n) is 9.00. The Morgan fingerprint density at radius 3 is 2.50 bits per heavy atom. The Kier molecular flexibility index (Phi) is 2.96. The van der Waals surface area contributed by atoms with Crippen molar-refractivity contribution in [3.8, 4) is 0 Å². The Balaban J connectivity index is 2.36. The second-order valence-electron chi connectivity index (χ2n) is 3.52. The second-order valence-corrected chi connectivity index (χ2v) is 3.52. The van der Waals surface area contributed by atoms with Gasteiger partial charge in [-0.3, -0.25) is 4.98 Å². The van der Waals surface area contributed by atoms with E-state index in [1.807, 2.05) is 25.1 Å². The highest BCUT2D eigenvalue weighted by Crippen LogP contribution is 2.16. The molecule has 0 N–H and O–H groups in total. The summed E-state index contributed by atoms with van der Waals surface area (Å²) in [5.41, 5.74) is 2.47. The SMILES string of the molecule is Cc1ccccc1[N+]([O-])=Cc1ccncc1. The van der Waals surface area contributed by atoms with Crippen molar-refractivity contribution < 1.29 is 4.74 Å². The third-order valence-corrected chi connectivity index (χ3v) is 2.33. The van der Waals surface area contributed by atoms with E-state index in [4.69, 9.17) is 0 Å². The average molecular weight is 212 g/mol. The minimum Gasteiger partial charge on any atom is -0.618 e. The average Bonchev–Trinajstić information content (AvgIpc) is 2.31. The fourth-order valence-electron chi connectivity index (χ4n) is 1.47. The van der Waals surface area contributed by atoms with Crippen molar-refractivity contribution in [3.05, 3.63) is 65.1 Å². The van der Waals surface area contributed by atoms with Gasteiger partial charge in [0.25, 0.3) is 0 Å². The van der Waals surface area contributed by atoms with Gasteiger partial charge < -0.3 is 5.21 Å². The molecule has 0 aliphatic heterocycles. The van der Waals surface area contributed by atoms with E-state index >= 15 is 0 Å². The minimum absolute atomic E-state index is 0.666. The van der Waals surface area contributed by atoms with Gasteiger partial charge >= 0.3 is 0 Å². The molecular formula is C13H12N2O. The molecule has 1 heterocycles. The lowest BCUT2D eigenvalue weighted by Gasteiger charge is -2.05. The summed E-state index contributed by atoms with van der Waals surface area (Å²) in [5.74, 6) is 0. The minimum atomic E-state index is 0.666. The highest BCUT2D eigenvalue weighted by Gasteiger charge is 2.04. The molecular weight excluding hydrogens is 200 g/mol. The van der Waals surface area contributed by atoms with Gasteiger partial charge in [0.05, 0.1) is 0 Å². The fraction of sp³-hybridized carbons (Fsp3) is 0.0769. The first kappa shape index (κ1) is 10.4. The Bertz CT molecular complexity index is 506. The largest absolute Gasteiger partial charge is 0.618 e. The zero-order chi connectivity index (χ0) is 11.4. The standard InChI is InChI=1S/C13H12N2O/c1-11-4-2-3-5-13(11)15(16)10-12-6-8-14-9-7-12/h2-10H,1H3. The summed E-state index contributed by atoms with van der Waals surface area (Å²) in [6.45, 7) is 1.92. The molecule has 0 amide bonds. The van der Waals surface area contributed by atoms with Crippen LogP contribution in [0.15, 0.2) is 48.8 Å². The van der Waals surface area contributed by atoms with Gasteiger partial charge in [-0.05, 0) is 19.1 Å². The Hall–Kier alpha value is -2.16. The van der Waals surface area contributed by atoms with E-state index in [-0.39, 0.29) is 0 Å². The maximum absolute atomic E-state index is 11.9. The molecule has 0 fully saturated rings. The Morgan fingerprint density at radius 2 is 1.81 bits per heavy atom. The van der Waals surface area contributed by atoms with Crippen molar-refractivity contribution in [1.29, 1.82) is 0 Å². The van der Waals surface area contributed by atoms with E-state index < -0.39 is 0 Å². The van der Waals surface area contributed by atoms with Gasteiger partial charge in [0.1, 0.15) is 0 Å². The molecule has 0 aliphatic carbocycles. The summed E-state index contributed by atoms with van der Waals surface area (Å²) >= 11 is 0. The van der Waals surface area contributed by atoms with E-state index in [1.54, 1.807) is 36.8 Å². The van der Waals surface area contributed by atoms with Crippen molar-refractivity contribution in [1.82, 2.24) is 4.98 Å². The second kappa shape index (κ2) is 4.57. The van der Waals surface area contributed by atoms with Crippen LogP contribution in [0, 0.1) is 12.1 Å². The first-order valence-electron chi connectivity index (χ1n) is 5.04. The number of para-hydroxylation sites is 1. The Labute approximate surface area is 94.3 Å². The third-order valence-electron chi connectivity index (χ3n) is 2.33. The molecule has 0 aliphatic rings. The lowest BCUT2D eigenvalue weighted by Crippen LogP contribution is -2.00. The van der Waals surface area contributed by atoms with Crippen LogP contribution in [-0.4, -0.2) is 15.9 Å². The molecule has 0 atom stereocenters. The number of aromatic nitrogens is 1. The molecule has 0 spiro atoms. The van der Waals surface area contributed by atoms with E-state index in [0.29, 0.717) is 5.69 Å². The number of hydrogen-bond donors (Lipinski definition) is 0. The summed E-state index contributed by atoms with van der Waals surface area (Å²) in [6, 6.07) is 11.1. The van der Waals surface area contributed by atoms with E-state index in [0.717, 1.165) is 15.9 Å². The summed E-state index contributed by atoms with van der Waals surface area (Å²) in [6.07, 6.45) is 4.87. The molecule has 0 saturated heterocycles. The van der Waals surface area contributed by atoms with Crippen LogP contribution < -0.4 is 0 Å². The maximum Gasteiger partial charge on any atom is 0.219 e. The van der Waals surface area contributed by atoms with E-state index in [9.17, 15) is 5.21 Å². The zero-order valence-corrected chi connectivity index (χ0v) is 9.00. The van der Waals surface area contributed by atoms with Crippen LogP contribution in [0.4, 0.5) is 5.69 Å². The summed E-state index contributed by atoms with van der Waals surface area (Å²) in [4.78, 5) is 3.90. The molecule has 3 heteroatoms. The number of rotatable bonds is 2. The van der Waals surface area contributed by atoms with Gasteiger partial charge in [0, 0.05) is 29.6 Å². The smallest absolute Gasteiger partial charge is 0.219 e. The molecule has 3 nitrogen and oxygen atoms in total. The number of pyridine rings is 1. The highest BCUT2D eigenvalue weighted by molar-refractivity contribution is 5.76. The maximum atomic E-state index is 11.9. The summed E-state index contributed by atoms with van der Waals surface area (Å²) in [5, 5.41) is 11.9. The van der Waals surface area contributed by atoms with Crippen LogP contribution in [0.2, 0.25) is 0 Å². The lowest BCUT2D eigenvalue weighted by molar-refractivity contribution is -0.355. The molecule has 2 rings (SSSR count). The topological polar surface area (TPSA) is 39.0 Å². The number of aryl methyl sites for hydroxylation is 1. The van der Waals surface area contributed by atoms with Crippen molar-refractivity contribution in [3.63, 3.8) is 0 Å². The number of hydrogen-bond acceptors (Lipinski definition) is 2. The van der Waals surface area contributed by atoms with Gasteiger partial charge in [-0.15, -0.1) is 0 Å². The normalized spacial score (nSPS) is 11.4. The molecule has 0 bridgehead atoms. The predicted molar refractivity (Wildman–Crippen MR) is 63.9 cm³/mol. The monoisotopic (exact) mass is 212 g/mol. The first-order valence-corrected chi connectivity index (χ1v) is 5.04. The van der Waals surface area contributed by atoms with Crippen LogP contribution in [-0.2, 0) is 0 Å². The predicted octanol–water partition coefficient (Wildman–Crippen LogP) is 2.65. The van der Waals surface area contributed by atoms with E-state index in [1.165, 1.54) is 0 Å². The molecule has 80 valence electrons. The molecule has 0 radical (unpaired) electrons. The molecule has 1 aromatic heterocycles. The van der Waals surface area contributed by atoms with Gasteiger partial charge in [0.2, 0.25) is 5.69 Å². The van der Waals surface area contributed by atoms with Crippen LogP contribution >= 0.6 is 0 Å². The highest BCUT2D eigenvalue weighted by atomic mass is 16.5. The molecule has 2 aromatic rings. The van der Waals surface area contributed by atoms with Crippen LogP contribution in [0.25, 0.3) is 0 Å². The quantitative estimate of drug-likeness (QED) is 0.332. The fourth-order valence-corrected chi connectivity index (χ4v) is 1.47. The van der Waals surface area contributed by atoms with Crippen LogP contribution in [0.1, 0.15) is 11.1 Å².